The molecule has 0 aliphatic heterocycles. The van der Waals surface area contributed by atoms with Crippen LogP contribution < -0.4 is 5.32 Å². The van der Waals surface area contributed by atoms with Gasteiger partial charge in [-0.2, -0.15) is 0 Å². The summed E-state index contributed by atoms with van der Waals surface area (Å²) < 4.78 is 0.970. The van der Waals surface area contributed by atoms with E-state index in [2.05, 4.69) is 26.2 Å². The maximum absolute atomic E-state index is 12.2. The summed E-state index contributed by atoms with van der Waals surface area (Å²) in [6.07, 6.45) is 2.17. The average molecular weight is 374 g/mol. The molecule has 6 heteroatoms. The molecule has 0 saturated heterocycles. The van der Waals surface area contributed by atoms with Gasteiger partial charge in [0.2, 0.25) is 0 Å². The molecular weight excluding hydrogens is 363 g/mol. The molecular formula is C14H11BrCl2N2O. The molecule has 0 aliphatic carbocycles. The molecule has 0 fully saturated rings. The van der Waals surface area contributed by atoms with Gasteiger partial charge < -0.3 is 5.32 Å². The van der Waals surface area contributed by atoms with Crippen LogP contribution in [0.4, 0.5) is 5.69 Å². The van der Waals surface area contributed by atoms with Gasteiger partial charge in [0.15, 0.2) is 0 Å². The molecule has 0 unspecified atom stereocenters. The van der Waals surface area contributed by atoms with Crippen molar-refractivity contribution in [2.24, 2.45) is 0 Å². The predicted octanol–water partition coefficient (Wildman–Crippen LogP) is 4.97. The van der Waals surface area contributed by atoms with Gasteiger partial charge in [0.25, 0.3) is 5.91 Å². The molecule has 1 N–H and O–H groups in total. The van der Waals surface area contributed by atoms with Gasteiger partial charge in [-0.25, -0.2) is 4.98 Å². The standard InChI is InChI=1S/C14H11BrCl2N2O/c1-2-8-5-9(15)3-4-12(8)19-14(20)10-6-13(17)18-7-11(10)16/h3-7H,2H2,1H3,(H,19,20). The first-order valence-electron chi connectivity index (χ1n) is 5.92. The van der Waals surface area contributed by atoms with Crippen molar-refractivity contribution in [1.82, 2.24) is 4.98 Å². The van der Waals surface area contributed by atoms with E-state index < -0.39 is 0 Å². The Morgan fingerprint density at radius 2 is 2.10 bits per heavy atom. The number of nitrogens with zero attached hydrogens (tertiary/aromatic N) is 1. The van der Waals surface area contributed by atoms with Crippen LogP contribution in [0.15, 0.2) is 34.9 Å². The Bertz CT molecular complexity index is 662. The second-order valence-corrected chi connectivity index (χ2v) is 5.81. The highest BCUT2D eigenvalue weighted by molar-refractivity contribution is 9.10. The number of hydrogen-bond acceptors (Lipinski definition) is 2. The van der Waals surface area contributed by atoms with Crippen molar-refractivity contribution in [3.63, 3.8) is 0 Å². The molecule has 2 rings (SSSR count). The number of hydrogen-bond donors (Lipinski definition) is 1. The normalized spacial score (nSPS) is 10.4. The first-order chi connectivity index (χ1) is 9.51. The molecule has 104 valence electrons. The number of pyridine rings is 1. The number of aromatic nitrogens is 1. The maximum Gasteiger partial charge on any atom is 0.257 e. The molecule has 0 radical (unpaired) electrons. The van der Waals surface area contributed by atoms with E-state index >= 15 is 0 Å². The van der Waals surface area contributed by atoms with E-state index in [1.807, 2.05) is 25.1 Å². The van der Waals surface area contributed by atoms with Crippen LogP contribution in [0, 0.1) is 0 Å². The first kappa shape index (κ1) is 15.3. The molecule has 1 amide bonds. The zero-order valence-electron chi connectivity index (χ0n) is 10.6. The fourth-order valence-corrected chi connectivity index (χ4v) is 2.51. The molecule has 3 nitrogen and oxygen atoms in total. The van der Waals surface area contributed by atoms with Gasteiger partial charge in [-0.05, 0) is 36.2 Å². The second kappa shape index (κ2) is 6.57. The molecule has 2 aromatic rings. The number of nitrogens with one attached hydrogen (secondary N) is 1. The number of halogens is 3. The van der Waals surface area contributed by atoms with Crippen molar-refractivity contribution >= 4 is 50.7 Å². The molecule has 0 atom stereocenters. The van der Waals surface area contributed by atoms with Crippen LogP contribution in [-0.4, -0.2) is 10.9 Å². The summed E-state index contributed by atoms with van der Waals surface area (Å²) in [5.74, 6) is -0.309. The topological polar surface area (TPSA) is 42.0 Å². The minimum Gasteiger partial charge on any atom is -0.322 e. The van der Waals surface area contributed by atoms with Crippen LogP contribution in [0.2, 0.25) is 10.2 Å². The number of carbonyl (C=O) groups excluding carboxylic acids is 1. The second-order valence-electron chi connectivity index (χ2n) is 4.10. The van der Waals surface area contributed by atoms with Crippen LogP contribution in [0.1, 0.15) is 22.8 Å². The first-order valence-corrected chi connectivity index (χ1v) is 7.47. The lowest BCUT2D eigenvalue weighted by Crippen LogP contribution is -2.14. The van der Waals surface area contributed by atoms with E-state index in [0.29, 0.717) is 5.56 Å². The fraction of sp³-hybridized carbons (Fsp3) is 0.143. The van der Waals surface area contributed by atoms with Crippen molar-refractivity contribution in [2.45, 2.75) is 13.3 Å². The summed E-state index contributed by atoms with van der Waals surface area (Å²) in [6.45, 7) is 2.02. The van der Waals surface area contributed by atoms with Crippen LogP contribution in [0.25, 0.3) is 0 Å². The summed E-state index contributed by atoms with van der Waals surface area (Å²) >= 11 is 15.2. The zero-order valence-corrected chi connectivity index (χ0v) is 13.7. The van der Waals surface area contributed by atoms with Gasteiger partial charge in [0.05, 0.1) is 10.6 Å². The van der Waals surface area contributed by atoms with Crippen molar-refractivity contribution in [2.75, 3.05) is 5.32 Å². The monoisotopic (exact) mass is 372 g/mol. The minimum absolute atomic E-state index is 0.228. The number of anilines is 1. The average Bonchev–Trinajstić information content (AvgIpc) is 2.43. The predicted molar refractivity (Wildman–Crippen MR) is 85.7 cm³/mol. The van der Waals surface area contributed by atoms with Crippen molar-refractivity contribution in [3.8, 4) is 0 Å². The van der Waals surface area contributed by atoms with E-state index in [0.717, 1.165) is 22.1 Å². The van der Waals surface area contributed by atoms with E-state index in [1.54, 1.807) is 0 Å². The SMILES string of the molecule is CCc1cc(Br)ccc1NC(=O)c1cc(Cl)ncc1Cl. The van der Waals surface area contributed by atoms with Gasteiger partial charge in [0.1, 0.15) is 5.15 Å². The smallest absolute Gasteiger partial charge is 0.257 e. The molecule has 0 spiro atoms. The zero-order chi connectivity index (χ0) is 14.7. The van der Waals surface area contributed by atoms with E-state index in [1.165, 1.54) is 12.3 Å². The fourth-order valence-electron chi connectivity index (χ4n) is 1.75. The van der Waals surface area contributed by atoms with Crippen molar-refractivity contribution < 1.29 is 4.79 Å². The quantitative estimate of drug-likeness (QED) is 0.772. The third-order valence-corrected chi connectivity index (χ3v) is 3.76. The highest BCUT2D eigenvalue weighted by Gasteiger charge is 2.13. The lowest BCUT2D eigenvalue weighted by molar-refractivity contribution is 0.102. The molecule has 0 saturated carbocycles. The van der Waals surface area contributed by atoms with Gasteiger partial charge >= 0.3 is 0 Å². The number of rotatable bonds is 3. The Morgan fingerprint density at radius 1 is 1.35 bits per heavy atom. The molecule has 0 aliphatic rings. The molecule has 20 heavy (non-hydrogen) atoms. The number of amides is 1. The number of carbonyl (C=O) groups is 1. The highest BCUT2D eigenvalue weighted by atomic mass is 79.9. The number of benzene rings is 1. The summed E-state index contributed by atoms with van der Waals surface area (Å²) in [5.41, 5.74) is 2.09. The van der Waals surface area contributed by atoms with E-state index in [4.69, 9.17) is 23.2 Å². The summed E-state index contributed by atoms with van der Waals surface area (Å²) in [7, 11) is 0. The Labute approximate surface area is 135 Å². The van der Waals surface area contributed by atoms with Crippen molar-refractivity contribution in [3.05, 3.63) is 56.2 Å². The van der Waals surface area contributed by atoms with Crippen LogP contribution in [-0.2, 0) is 6.42 Å². The van der Waals surface area contributed by atoms with E-state index in [9.17, 15) is 4.79 Å². The Hall–Kier alpha value is -1.10. The Kier molecular flexibility index (Phi) is 5.02. The van der Waals surface area contributed by atoms with Crippen LogP contribution in [0.5, 0.6) is 0 Å². The van der Waals surface area contributed by atoms with Crippen molar-refractivity contribution in [1.29, 1.82) is 0 Å². The number of aryl methyl sites for hydroxylation is 1. The van der Waals surface area contributed by atoms with E-state index in [-0.39, 0.29) is 16.1 Å². The molecule has 1 aromatic heterocycles. The third kappa shape index (κ3) is 3.51. The third-order valence-electron chi connectivity index (χ3n) is 2.76. The van der Waals surface area contributed by atoms with Gasteiger partial charge in [-0.1, -0.05) is 46.1 Å². The molecule has 0 bridgehead atoms. The van der Waals surface area contributed by atoms with Crippen LogP contribution in [0.3, 0.4) is 0 Å². The largest absolute Gasteiger partial charge is 0.322 e. The summed E-state index contributed by atoms with van der Waals surface area (Å²) in [5, 5.41) is 3.34. The highest BCUT2D eigenvalue weighted by Crippen LogP contribution is 2.24. The maximum atomic E-state index is 12.2. The molecule has 1 aromatic carbocycles. The minimum atomic E-state index is -0.309. The van der Waals surface area contributed by atoms with Gasteiger partial charge in [0, 0.05) is 16.4 Å². The lowest BCUT2D eigenvalue weighted by Gasteiger charge is -2.11. The summed E-state index contributed by atoms with van der Waals surface area (Å²) in [4.78, 5) is 16.1. The van der Waals surface area contributed by atoms with Crippen LogP contribution >= 0.6 is 39.1 Å². The Morgan fingerprint density at radius 3 is 2.80 bits per heavy atom. The Balaban J connectivity index is 2.30. The molecule has 1 heterocycles. The van der Waals surface area contributed by atoms with Gasteiger partial charge in [-0.3, -0.25) is 4.79 Å². The summed E-state index contributed by atoms with van der Waals surface area (Å²) in [6, 6.07) is 7.13. The lowest BCUT2D eigenvalue weighted by atomic mass is 10.1. The van der Waals surface area contributed by atoms with Gasteiger partial charge in [-0.15, -0.1) is 0 Å².